The van der Waals surface area contributed by atoms with E-state index >= 15 is 0 Å². The molecule has 0 radical (unpaired) electrons. The number of sulfonamides is 1. The Kier molecular flexibility index (Phi) is 7.82. The molecule has 0 saturated heterocycles. The molecule has 1 aliphatic rings. The molecule has 36 heavy (non-hydrogen) atoms. The van der Waals surface area contributed by atoms with Crippen LogP contribution in [0.25, 0.3) is 0 Å². The van der Waals surface area contributed by atoms with E-state index < -0.39 is 16.1 Å². The third-order valence-electron chi connectivity index (χ3n) is 6.51. The zero-order valence-corrected chi connectivity index (χ0v) is 21.6. The Balaban J connectivity index is 1.70. The fraction of sp³-hybridized carbons (Fsp3) is 0.333. The average Bonchev–Trinajstić information content (AvgIpc) is 2.88. The van der Waals surface area contributed by atoms with E-state index in [1.807, 2.05) is 19.1 Å². The molecule has 3 aromatic rings. The number of hydrogen-bond donors (Lipinski definition) is 1. The lowest BCUT2D eigenvalue weighted by molar-refractivity contribution is 0.150. The summed E-state index contributed by atoms with van der Waals surface area (Å²) in [6.07, 6.45) is 0.755. The maximum Gasteiger partial charge on any atom is 0.240 e. The quantitative estimate of drug-likeness (QED) is 0.458. The van der Waals surface area contributed by atoms with Gasteiger partial charge in [0.2, 0.25) is 10.0 Å². The van der Waals surface area contributed by atoms with Crippen LogP contribution in [0.2, 0.25) is 0 Å². The first kappa shape index (κ1) is 25.9. The Morgan fingerprint density at radius 1 is 0.972 bits per heavy atom. The topological polar surface area (TPSA) is 77.1 Å². The molecule has 0 aromatic heterocycles. The van der Waals surface area contributed by atoms with Crippen LogP contribution in [0.3, 0.4) is 0 Å². The van der Waals surface area contributed by atoms with E-state index in [9.17, 15) is 12.8 Å². The Morgan fingerprint density at radius 3 is 2.22 bits per heavy atom. The summed E-state index contributed by atoms with van der Waals surface area (Å²) < 4.78 is 59.1. The fourth-order valence-electron chi connectivity index (χ4n) is 4.75. The highest BCUT2D eigenvalue weighted by Crippen LogP contribution is 2.40. The summed E-state index contributed by atoms with van der Waals surface area (Å²) in [4.78, 5) is 2.37. The van der Waals surface area contributed by atoms with E-state index in [2.05, 4.69) is 9.62 Å². The molecule has 0 spiro atoms. The van der Waals surface area contributed by atoms with Crippen LogP contribution in [0.15, 0.2) is 65.6 Å². The summed E-state index contributed by atoms with van der Waals surface area (Å²) in [6, 6.07) is 15.7. The van der Waals surface area contributed by atoms with Gasteiger partial charge < -0.3 is 14.2 Å². The van der Waals surface area contributed by atoms with Gasteiger partial charge in [0, 0.05) is 19.1 Å². The summed E-state index contributed by atoms with van der Waals surface area (Å²) in [5.74, 6) is 1.50. The zero-order chi connectivity index (χ0) is 25.9. The lowest BCUT2D eigenvalue weighted by Gasteiger charge is -2.41. The maximum atomic E-state index is 13.5. The highest BCUT2D eigenvalue weighted by Gasteiger charge is 2.35. The van der Waals surface area contributed by atoms with Crippen molar-refractivity contribution in [3.8, 4) is 17.2 Å². The number of hydrogen-bond acceptors (Lipinski definition) is 6. The standard InChI is InChI=1S/C27H31FN2O5S/c1-18(29-36(31,32)23-11-9-22(33-2)10-12-23)27-24-16-26(35-4)25(34-3)15-20(24)13-14-30(27)17-19-5-7-21(28)8-6-19/h5-12,15-16,18,27,29H,13-14,17H2,1-4H3. The van der Waals surface area contributed by atoms with Crippen LogP contribution in [0.5, 0.6) is 17.2 Å². The number of methoxy groups -OCH3 is 3. The smallest absolute Gasteiger partial charge is 0.240 e. The molecule has 3 aromatic carbocycles. The SMILES string of the molecule is COc1ccc(S(=O)(=O)NC(C)C2c3cc(OC)c(OC)cc3CCN2Cc2ccc(F)cc2)cc1. The third-order valence-corrected chi connectivity index (χ3v) is 8.08. The largest absolute Gasteiger partial charge is 0.497 e. The number of ether oxygens (including phenoxy) is 3. The van der Waals surface area contributed by atoms with Crippen molar-refractivity contribution in [1.82, 2.24) is 9.62 Å². The van der Waals surface area contributed by atoms with Gasteiger partial charge in [0.15, 0.2) is 11.5 Å². The van der Waals surface area contributed by atoms with Crippen molar-refractivity contribution >= 4 is 10.0 Å². The van der Waals surface area contributed by atoms with E-state index in [-0.39, 0.29) is 16.8 Å². The van der Waals surface area contributed by atoms with Gasteiger partial charge >= 0.3 is 0 Å². The van der Waals surface area contributed by atoms with Crippen molar-refractivity contribution in [3.05, 3.63) is 83.2 Å². The molecule has 2 atom stereocenters. The molecule has 1 N–H and O–H groups in total. The van der Waals surface area contributed by atoms with Crippen LogP contribution in [-0.4, -0.2) is 47.2 Å². The second-order valence-corrected chi connectivity index (χ2v) is 10.5. The van der Waals surface area contributed by atoms with E-state index in [1.54, 1.807) is 38.5 Å². The van der Waals surface area contributed by atoms with Gasteiger partial charge in [-0.15, -0.1) is 0 Å². The molecule has 4 rings (SSSR count). The van der Waals surface area contributed by atoms with Crippen molar-refractivity contribution in [3.63, 3.8) is 0 Å². The Labute approximate surface area is 211 Å². The molecular weight excluding hydrogens is 483 g/mol. The minimum absolute atomic E-state index is 0.156. The monoisotopic (exact) mass is 514 g/mol. The van der Waals surface area contributed by atoms with Crippen molar-refractivity contribution in [2.24, 2.45) is 0 Å². The van der Waals surface area contributed by atoms with Crippen LogP contribution in [-0.2, 0) is 23.0 Å². The average molecular weight is 515 g/mol. The molecule has 0 aliphatic carbocycles. The number of nitrogens with zero attached hydrogens (tertiary/aromatic N) is 1. The first-order chi connectivity index (χ1) is 17.2. The van der Waals surface area contributed by atoms with E-state index in [4.69, 9.17) is 14.2 Å². The summed E-state index contributed by atoms with van der Waals surface area (Å²) in [6.45, 7) is 3.08. The van der Waals surface area contributed by atoms with Crippen LogP contribution in [0, 0.1) is 5.82 Å². The maximum absolute atomic E-state index is 13.5. The molecule has 0 fully saturated rings. The predicted molar refractivity (Wildman–Crippen MR) is 136 cm³/mol. The molecule has 7 nitrogen and oxygen atoms in total. The van der Waals surface area contributed by atoms with Crippen molar-refractivity contribution in [1.29, 1.82) is 0 Å². The van der Waals surface area contributed by atoms with Crippen LogP contribution >= 0.6 is 0 Å². The lowest BCUT2D eigenvalue weighted by Crippen LogP contribution is -2.47. The minimum Gasteiger partial charge on any atom is -0.497 e. The van der Waals surface area contributed by atoms with Gasteiger partial charge in [-0.05, 0) is 78.6 Å². The first-order valence-corrected chi connectivity index (χ1v) is 13.1. The fourth-order valence-corrected chi connectivity index (χ4v) is 6.00. The highest BCUT2D eigenvalue weighted by molar-refractivity contribution is 7.89. The molecule has 2 unspecified atom stereocenters. The molecule has 0 saturated carbocycles. The Morgan fingerprint density at radius 2 is 1.61 bits per heavy atom. The Bertz CT molecular complexity index is 1300. The molecule has 1 aliphatic heterocycles. The normalized spacial score (nSPS) is 16.8. The number of benzene rings is 3. The summed E-state index contributed by atoms with van der Waals surface area (Å²) in [7, 11) is 0.898. The van der Waals surface area contributed by atoms with E-state index in [0.29, 0.717) is 30.3 Å². The molecule has 192 valence electrons. The van der Waals surface area contributed by atoms with Crippen LogP contribution in [0.1, 0.15) is 29.7 Å². The van der Waals surface area contributed by atoms with Crippen molar-refractivity contribution in [2.45, 2.75) is 36.9 Å². The highest BCUT2D eigenvalue weighted by atomic mass is 32.2. The summed E-state index contributed by atoms with van der Waals surface area (Å²) in [5.41, 5.74) is 2.98. The summed E-state index contributed by atoms with van der Waals surface area (Å²) >= 11 is 0. The first-order valence-electron chi connectivity index (χ1n) is 11.7. The summed E-state index contributed by atoms with van der Waals surface area (Å²) in [5, 5.41) is 0. The van der Waals surface area contributed by atoms with E-state index in [0.717, 1.165) is 23.1 Å². The van der Waals surface area contributed by atoms with Gasteiger partial charge in [-0.2, -0.15) is 0 Å². The van der Waals surface area contributed by atoms with Gasteiger partial charge in [-0.1, -0.05) is 12.1 Å². The Hall–Kier alpha value is -3.14. The van der Waals surface area contributed by atoms with Gasteiger partial charge in [0.05, 0.1) is 32.3 Å². The second kappa shape index (κ2) is 10.9. The zero-order valence-electron chi connectivity index (χ0n) is 20.8. The number of nitrogens with one attached hydrogen (secondary N) is 1. The van der Waals surface area contributed by atoms with Gasteiger partial charge in [0.25, 0.3) is 0 Å². The molecule has 1 heterocycles. The number of halogens is 1. The molecule has 0 amide bonds. The third kappa shape index (κ3) is 5.48. The lowest BCUT2D eigenvalue weighted by atomic mass is 9.88. The number of rotatable bonds is 9. The number of fused-ring (bicyclic) bond motifs is 1. The van der Waals surface area contributed by atoms with E-state index in [1.165, 1.54) is 31.4 Å². The van der Waals surface area contributed by atoms with Crippen LogP contribution < -0.4 is 18.9 Å². The predicted octanol–water partition coefficient (Wildman–Crippen LogP) is 4.32. The van der Waals surface area contributed by atoms with Crippen molar-refractivity contribution in [2.75, 3.05) is 27.9 Å². The van der Waals surface area contributed by atoms with Crippen molar-refractivity contribution < 1.29 is 27.0 Å². The minimum atomic E-state index is -3.80. The van der Waals surface area contributed by atoms with Gasteiger partial charge in [-0.3, -0.25) is 4.90 Å². The van der Waals surface area contributed by atoms with Crippen LogP contribution in [0.4, 0.5) is 4.39 Å². The van der Waals surface area contributed by atoms with Gasteiger partial charge in [0.1, 0.15) is 11.6 Å². The second-order valence-electron chi connectivity index (χ2n) is 8.78. The molecule has 9 heteroatoms. The molecular formula is C27H31FN2O5S. The van der Waals surface area contributed by atoms with Gasteiger partial charge in [-0.25, -0.2) is 17.5 Å². The molecule has 0 bridgehead atoms.